The smallest absolute Gasteiger partial charge is 0.150 e. The maximum Gasteiger partial charge on any atom is 0.150 e. The molecule has 0 spiro atoms. The maximum atomic E-state index is 6.01. The van der Waals surface area contributed by atoms with Crippen LogP contribution in [0.4, 0.5) is 0 Å². The highest BCUT2D eigenvalue weighted by molar-refractivity contribution is 5.94. The molecule has 0 bridgehead atoms. The second kappa shape index (κ2) is 9.96. The van der Waals surface area contributed by atoms with Crippen LogP contribution in [0.25, 0.3) is 27.8 Å². The van der Waals surface area contributed by atoms with Crippen LogP contribution in [-0.4, -0.2) is 47.3 Å². The van der Waals surface area contributed by atoms with Crippen LogP contribution in [-0.2, 0) is 17.8 Å². The number of benzene rings is 1. The number of nitrogens with zero attached hydrogens (tertiary/aromatic N) is 7. The van der Waals surface area contributed by atoms with Crippen LogP contribution in [0.1, 0.15) is 61.6 Å². The van der Waals surface area contributed by atoms with Crippen LogP contribution in [0, 0.1) is 12.8 Å². The number of aryl methyl sites for hydroxylation is 1. The van der Waals surface area contributed by atoms with Crippen molar-refractivity contribution >= 4 is 16.6 Å². The number of rotatable bonds is 8. The summed E-state index contributed by atoms with van der Waals surface area (Å²) in [5.74, 6) is 0.865. The van der Waals surface area contributed by atoms with Crippen LogP contribution in [0.2, 0.25) is 0 Å². The number of imidazole rings is 1. The zero-order valence-corrected chi connectivity index (χ0v) is 21.9. The highest BCUT2D eigenvalue weighted by Crippen LogP contribution is 2.32. The first-order valence-electron chi connectivity index (χ1n) is 13.9. The average molecular weight is 511 g/mol. The van der Waals surface area contributed by atoms with E-state index in [1.165, 1.54) is 31.2 Å². The molecular weight excluding hydrogens is 476 g/mol. The summed E-state index contributed by atoms with van der Waals surface area (Å²) in [6.07, 6.45) is 15.6. The summed E-state index contributed by atoms with van der Waals surface area (Å²) in [5, 5.41) is 18.3. The summed E-state index contributed by atoms with van der Waals surface area (Å²) in [4.78, 5) is 4.81. The third kappa shape index (κ3) is 4.61. The van der Waals surface area contributed by atoms with Gasteiger partial charge in [-0.2, -0.15) is 5.10 Å². The molecule has 2 fully saturated rings. The second-order valence-electron chi connectivity index (χ2n) is 10.9. The van der Waals surface area contributed by atoms with Crippen molar-refractivity contribution in [2.75, 3.05) is 13.2 Å². The Hall–Kier alpha value is -3.56. The Balaban J connectivity index is 1.09. The molecule has 5 heterocycles. The summed E-state index contributed by atoms with van der Waals surface area (Å²) in [6, 6.07) is 8.60. The molecule has 1 aliphatic carbocycles. The fraction of sp³-hybridized carbons (Fsp3) is 0.448. The van der Waals surface area contributed by atoms with Crippen molar-refractivity contribution in [2.24, 2.45) is 5.92 Å². The second-order valence-corrected chi connectivity index (χ2v) is 10.9. The van der Waals surface area contributed by atoms with Crippen LogP contribution < -0.4 is 5.32 Å². The summed E-state index contributed by atoms with van der Waals surface area (Å²) in [6.45, 7) is 5.47. The molecule has 2 aliphatic rings. The minimum Gasteiger partial charge on any atom is -0.356 e. The van der Waals surface area contributed by atoms with Crippen LogP contribution >= 0.6 is 0 Å². The topological polar surface area (TPSA) is 87.1 Å². The summed E-state index contributed by atoms with van der Waals surface area (Å²) >= 11 is 0. The van der Waals surface area contributed by atoms with Gasteiger partial charge in [-0.1, -0.05) is 17.7 Å². The lowest BCUT2D eigenvalue weighted by Gasteiger charge is -2.25. The first kappa shape index (κ1) is 23.5. The molecule has 4 aromatic heterocycles. The van der Waals surface area contributed by atoms with Crippen molar-refractivity contribution < 1.29 is 4.74 Å². The van der Waals surface area contributed by atoms with Gasteiger partial charge < -0.3 is 14.5 Å². The van der Waals surface area contributed by atoms with E-state index in [4.69, 9.17) is 14.8 Å². The van der Waals surface area contributed by atoms with E-state index in [-0.39, 0.29) is 6.23 Å². The first-order valence-corrected chi connectivity index (χ1v) is 13.9. The Kier molecular flexibility index (Phi) is 6.17. The first-order chi connectivity index (χ1) is 18.7. The third-order valence-corrected chi connectivity index (χ3v) is 7.98. The van der Waals surface area contributed by atoms with Crippen LogP contribution in [0.3, 0.4) is 0 Å². The van der Waals surface area contributed by atoms with E-state index in [2.05, 4.69) is 63.6 Å². The van der Waals surface area contributed by atoms with Gasteiger partial charge in [-0.05, 0) is 80.8 Å². The van der Waals surface area contributed by atoms with Gasteiger partial charge in [-0.15, -0.1) is 5.10 Å². The lowest BCUT2D eigenvalue weighted by molar-refractivity contribution is -0.0366. The third-order valence-electron chi connectivity index (χ3n) is 7.98. The van der Waals surface area contributed by atoms with Gasteiger partial charge in [-0.3, -0.25) is 0 Å². The lowest BCUT2D eigenvalue weighted by Crippen LogP contribution is -2.26. The monoisotopic (exact) mass is 510 g/mol. The molecule has 38 heavy (non-hydrogen) atoms. The zero-order valence-electron chi connectivity index (χ0n) is 21.9. The molecule has 7 rings (SSSR count). The predicted molar refractivity (Wildman–Crippen MR) is 146 cm³/mol. The van der Waals surface area contributed by atoms with Gasteiger partial charge in [0.05, 0.1) is 30.1 Å². The number of fused-ring (bicyclic) bond motifs is 2. The average Bonchev–Trinajstić information content (AvgIpc) is 3.63. The van der Waals surface area contributed by atoms with Gasteiger partial charge in [0.15, 0.2) is 6.23 Å². The van der Waals surface area contributed by atoms with Crippen molar-refractivity contribution in [3.05, 3.63) is 65.9 Å². The summed E-state index contributed by atoms with van der Waals surface area (Å²) < 4.78 is 12.0. The molecule has 9 heteroatoms. The van der Waals surface area contributed by atoms with Gasteiger partial charge in [0, 0.05) is 36.5 Å². The van der Waals surface area contributed by atoms with Gasteiger partial charge in [-0.25, -0.2) is 14.3 Å². The van der Waals surface area contributed by atoms with Gasteiger partial charge in [0.2, 0.25) is 0 Å². The number of nitrogens with one attached hydrogen (secondary N) is 1. The van der Waals surface area contributed by atoms with E-state index in [1.54, 1.807) is 0 Å². The Morgan fingerprint density at radius 1 is 1.05 bits per heavy atom. The van der Waals surface area contributed by atoms with Crippen molar-refractivity contribution in [2.45, 2.75) is 64.8 Å². The van der Waals surface area contributed by atoms with Gasteiger partial charge >= 0.3 is 0 Å². The molecule has 1 saturated heterocycles. The van der Waals surface area contributed by atoms with E-state index in [0.29, 0.717) is 6.54 Å². The normalized spacial score (nSPS) is 18.4. The number of ether oxygens (including phenoxy) is 1. The minimum atomic E-state index is 0.000625. The molecular formula is C29H34N8O. The molecule has 9 nitrogen and oxygen atoms in total. The standard InChI is InChI=1S/C29H34N8O/c1-20-11-24(25-15-31-37(27(25)12-20)29-7-2-3-10-38-29)26-19-36(34-33-26)18-23-17-35-16-22(8-9-28(35)32-23)14-30-13-21-5-4-6-21/h8-9,11-12,15-17,19,21,29-30H,2-7,10,13-14,18H2,1H3. The van der Waals surface area contributed by atoms with Gasteiger partial charge in [0.1, 0.15) is 11.3 Å². The molecule has 1 aliphatic heterocycles. The fourth-order valence-corrected chi connectivity index (χ4v) is 5.70. The van der Waals surface area contributed by atoms with E-state index in [9.17, 15) is 0 Å². The SMILES string of the molecule is Cc1cc(-c2cn(Cc3cn4cc(CNCC5CCC5)ccc4n3)nn2)c2cnn(C3CCCCO3)c2c1. The van der Waals surface area contributed by atoms with Gasteiger partial charge in [0.25, 0.3) is 0 Å². The Bertz CT molecular complexity index is 1570. The maximum absolute atomic E-state index is 6.01. The highest BCUT2D eigenvalue weighted by atomic mass is 16.5. The summed E-state index contributed by atoms with van der Waals surface area (Å²) in [7, 11) is 0. The quantitative estimate of drug-likeness (QED) is 0.320. The van der Waals surface area contributed by atoms with E-state index >= 15 is 0 Å². The molecule has 1 atom stereocenters. The van der Waals surface area contributed by atoms with E-state index in [0.717, 1.165) is 77.5 Å². The van der Waals surface area contributed by atoms with E-state index in [1.807, 2.05) is 21.8 Å². The molecule has 1 N–H and O–H groups in total. The molecule has 1 unspecified atom stereocenters. The minimum absolute atomic E-state index is 0.000625. The zero-order chi connectivity index (χ0) is 25.5. The van der Waals surface area contributed by atoms with Crippen molar-refractivity contribution in [1.82, 2.24) is 39.5 Å². The van der Waals surface area contributed by atoms with Crippen molar-refractivity contribution in [3.63, 3.8) is 0 Å². The Labute approximate surface area is 221 Å². The number of hydrogen-bond acceptors (Lipinski definition) is 6. The van der Waals surface area contributed by atoms with E-state index < -0.39 is 0 Å². The molecule has 0 amide bonds. The predicted octanol–water partition coefficient (Wildman–Crippen LogP) is 4.89. The van der Waals surface area contributed by atoms with Crippen molar-refractivity contribution in [3.8, 4) is 11.3 Å². The van der Waals surface area contributed by atoms with Crippen molar-refractivity contribution in [1.29, 1.82) is 0 Å². The molecule has 196 valence electrons. The number of hydrogen-bond donors (Lipinski definition) is 1. The molecule has 1 saturated carbocycles. The van der Waals surface area contributed by atoms with Crippen LogP contribution in [0.15, 0.2) is 49.1 Å². The lowest BCUT2D eigenvalue weighted by atomic mass is 9.85. The fourth-order valence-electron chi connectivity index (χ4n) is 5.70. The highest BCUT2D eigenvalue weighted by Gasteiger charge is 2.21. The summed E-state index contributed by atoms with van der Waals surface area (Å²) in [5.41, 5.74) is 7.30. The Morgan fingerprint density at radius 2 is 2.00 bits per heavy atom. The number of aromatic nitrogens is 7. The molecule has 1 aromatic carbocycles. The van der Waals surface area contributed by atoms with Crippen LogP contribution in [0.5, 0.6) is 0 Å². The number of pyridine rings is 1. The molecule has 5 aromatic rings. The largest absolute Gasteiger partial charge is 0.356 e. The Morgan fingerprint density at radius 3 is 2.84 bits per heavy atom. The molecule has 0 radical (unpaired) electrons.